The zero-order chi connectivity index (χ0) is 14.9. The van der Waals surface area contributed by atoms with Crippen LogP contribution < -0.4 is 5.32 Å². The fourth-order valence-electron chi connectivity index (χ4n) is 1.63. The highest BCUT2D eigenvalue weighted by Crippen LogP contribution is 2.04. The maximum Gasteiger partial charge on any atom is 0.331 e. The van der Waals surface area contributed by atoms with Gasteiger partial charge in [-0.05, 0) is 23.8 Å². The summed E-state index contributed by atoms with van der Waals surface area (Å²) in [5.74, 6) is -0.926. The van der Waals surface area contributed by atoms with Gasteiger partial charge in [0.1, 0.15) is 0 Å². The summed E-state index contributed by atoms with van der Waals surface area (Å²) in [7, 11) is 0. The molecule has 2 aromatic carbocycles. The van der Waals surface area contributed by atoms with Gasteiger partial charge in [-0.25, -0.2) is 4.79 Å². The maximum atomic E-state index is 11.6. The molecule has 0 aliphatic heterocycles. The molecular weight excluding hydrogens is 266 g/mol. The molecule has 1 N–H and O–H groups in total. The van der Waals surface area contributed by atoms with Crippen molar-refractivity contribution in [3.05, 3.63) is 72.3 Å². The summed E-state index contributed by atoms with van der Waals surface area (Å²) in [6, 6.07) is 18.4. The van der Waals surface area contributed by atoms with Gasteiger partial charge in [0.25, 0.3) is 5.91 Å². The molecule has 4 heteroatoms. The number of carbonyl (C=O) groups excluding carboxylic acids is 2. The number of ether oxygens (including phenoxy) is 1. The SMILES string of the molecule is O=C(COC(=O)C=Cc1ccccc1)Nc1ccccc1. The van der Waals surface area contributed by atoms with Crippen LogP contribution in [0.25, 0.3) is 6.08 Å². The summed E-state index contributed by atoms with van der Waals surface area (Å²) in [5.41, 5.74) is 1.56. The quantitative estimate of drug-likeness (QED) is 0.677. The average molecular weight is 281 g/mol. The van der Waals surface area contributed by atoms with Crippen molar-refractivity contribution >= 4 is 23.6 Å². The Hall–Kier alpha value is -2.88. The number of carbonyl (C=O) groups is 2. The van der Waals surface area contributed by atoms with E-state index in [2.05, 4.69) is 5.32 Å². The van der Waals surface area contributed by atoms with E-state index in [1.807, 2.05) is 48.5 Å². The van der Waals surface area contributed by atoms with Gasteiger partial charge in [-0.3, -0.25) is 4.79 Å². The van der Waals surface area contributed by atoms with Crippen molar-refractivity contribution in [2.24, 2.45) is 0 Å². The van der Waals surface area contributed by atoms with Crippen molar-refractivity contribution in [2.45, 2.75) is 0 Å². The van der Waals surface area contributed by atoms with E-state index in [0.29, 0.717) is 5.69 Å². The van der Waals surface area contributed by atoms with Gasteiger partial charge in [-0.1, -0.05) is 48.5 Å². The lowest BCUT2D eigenvalue weighted by Crippen LogP contribution is -2.20. The highest BCUT2D eigenvalue weighted by Gasteiger charge is 2.05. The minimum absolute atomic E-state index is 0.313. The van der Waals surface area contributed by atoms with E-state index in [0.717, 1.165) is 5.56 Å². The first-order valence-electron chi connectivity index (χ1n) is 6.49. The normalized spacial score (nSPS) is 10.3. The fraction of sp³-hybridized carbons (Fsp3) is 0.0588. The molecule has 0 radical (unpaired) electrons. The molecule has 2 rings (SSSR count). The second kappa shape index (κ2) is 7.65. The van der Waals surface area contributed by atoms with E-state index < -0.39 is 5.97 Å². The Morgan fingerprint density at radius 3 is 2.24 bits per heavy atom. The highest BCUT2D eigenvalue weighted by atomic mass is 16.5. The van der Waals surface area contributed by atoms with Gasteiger partial charge in [-0.2, -0.15) is 0 Å². The summed E-state index contributed by atoms with van der Waals surface area (Å²) in [6.07, 6.45) is 2.93. The number of hydrogen-bond acceptors (Lipinski definition) is 3. The zero-order valence-corrected chi connectivity index (χ0v) is 11.4. The van der Waals surface area contributed by atoms with Crippen LogP contribution in [0.4, 0.5) is 5.69 Å². The Morgan fingerprint density at radius 1 is 0.952 bits per heavy atom. The molecule has 0 heterocycles. The molecule has 0 atom stereocenters. The van der Waals surface area contributed by atoms with Gasteiger partial charge < -0.3 is 10.1 Å². The predicted molar refractivity (Wildman–Crippen MR) is 81.5 cm³/mol. The van der Waals surface area contributed by atoms with Crippen molar-refractivity contribution in [3.8, 4) is 0 Å². The molecule has 1 amide bonds. The lowest BCUT2D eigenvalue weighted by molar-refractivity contribution is -0.142. The van der Waals surface area contributed by atoms with Crippen LogP contribution in [-0.4, -0.2) is 18.5 Å². The van der Waals surface area contributed by atoms with Crippen LogP contribution in [-0.2, 0) is 14.3 Å². The van der Waals surface area contributed by atoms with Gasteiger partial charge >= 0.3 is 5.97 Å². The Bertz CT molecular complexity index is 621. The Labute approximate surface area is 123 Å². The molecule has 0 aliphatic rings. The number of nitrogens with one attached hydrogen (secondary N) is 1. The molecular formula is C17H15NO3. The summed E-state index contributed by atoms with van der Waals surface area (Å²) in [4.78, 5) is 23.1. The molecule has 0 aliphatic carbocycles. The monoisotopic (exact) mass is 281 g/mol. The van der Waals surface area contributed by atoms with Crippen LogP contribution in [0.1, 0.15) is 5.56 Å². The number of esters is 1. The first-order valence-corrected chi connectivity index (χ1v) is 6.49. The van der Waals surface area contributed by atoms with Crippen molar-refractivity contribution in [1.29, 1.82) is 0 Å². The maximum absolute atomic E-state index is 11.6. The lowest BCUT2D eigenvalue weighted by atomic mass is 10.2. The molecule has 0 aromatic heterocycles. The van der Waals surface area contributed by atoms with Crippen LogP contribution in [0.5, 0.6) is 0 Å². The smallest absolute Gasteiger partial charge is 0.331 e. The van der Waals surface area contributed by atoms with E-state index in [-0.39, 0.29) is 12.5 Å². The summed E-state index contributed by atoms with van der Waals surface area (Å²) in [5, 5.41) is 2.63. The molecule has 21 heavy (non-hydrogen) atoms. The first-order chi connectivity index (χ1) is 10.2. The van der Waals surface area contributed by atoms with Gasteiger partial charge in [0.15, 0.2) is 6.61 Å². The second-order valence-electron chi connectivity index (χ2n) is 4.27. The molecule has 0 saturated heterocycles. The van der Waals surface area contributed by atoms with E-state index in [4.69, 9.17) is 4.74 Å². The van der Waals surface area contributed by atoms with E-state index >= 15 is 0 Å². The Balaban J connectivity index is 1.76. The number of para-hydroxylation sites is 1. The lowest BCUT2D eigenvalue weighted by Gasteiger charge is -2.04. The average Bonchev–Trinajstić information content (AvgIpc) is 2.53. The molecule has 0 bridgehead atoms. The van der Waals surface area contributed by atoms with Crippen LogP contribution >= 0.6 is 0 Å². The molecule has 106 valence electrons. The number of benzene rings is 2. The Morgan fingerprint density at radius 2 is 1.57 bits per heavy atom. The summed E-state index contributed by atoms with van der Waals surface area (Å²) < 4.78 is 4.86. The summed E-state index contributed by atoms with van der Waals surface area (Å²) in [6.45, 7) is -0.313. The van der Waals surface area contributed by atoms with Crippen LogP contribution in [0.3, 0.4) is 0 Å². The third kappa shape index (κ3) is 5.32. The molecule has 0 spiro atoms. The second-order valence-corrected chi connectivity index (χ2v) is 4.27. The first kappa shape index (κ1) is 14.5. The van der Waals surface area contributed by atoms with Crippen molar-refractivity contribution in [2.75, 3.05) is 11.9 Å². The number of anilines is 1. The van der Waals surface area contributed by atoms with Crippen LogP contribution in [0.15, 0.2) is 66.7 Å². The van der Waals surface area contributed by atoms with Gasteiger partial charge in [0, 0.05) is 11.8 Å². The van der Waals surface area contributed by atoms with Crippen molar-refractivity contribution in [3.63, 3.8) is 0 Å². The molecule has 4 nitrogen and oxygen atoms in total. The molecule has 0 saturated carbocycles. The zero-order valence-electron chi connectivity index (χ0n) is 11.4. The minimum Gasteiger partial charge on any atom is -0.452 e. The standard InChI is InChI=1S/C17H15NO3/c19-16(18-15-9-5-2-6-10-15)13-21-17(20)12-11-14-7-3-1-4-8-14/h1-12H,13H2,(H,18,19). The topological polar surface area (TPSA) is 55.4 Å². The number of amides is 1. The van der Waals surface area contributed by atoms with E-state index in [1.54, 1.807) is 18.2 Å². The van der Waals surface area contributed by atoms with Gasteiger partial charge in [0.05, 0.1) is 0 Å². The van der Waals surface area contributed by atoms with E-state index in [9.17, 15) is 9.59 Å². The van der Waals surface area contributed by atoms with Crippen molar-refractivity contribution in [1.82, 2.24) is 0 Å². The fourth-order valence-corrected chi connectivity index (χ4v) is 1.63. The van der Waals surface area contributed by atoms with Crippen LogP contribution in [0.2, 0.25) is 0 Å². The third-order valence-corrected chi connectivity index (χ3v) is 2.61. The van der Waals surface area contributed by atoms with Crippen LogP contribution in [0, 0.1) is 0 Å². The minimum atomic E-state index is -0.554. The van der Waals surface area contributed by atoms with Gasteiger partial charge in [-0.15, -0.1) is 0 Å². The van der Waals surface area contributed by atoms with Crippen molar-refractivity contribution < 1.29 is 14.3 Å². The van der Waals surface area contributed by atoms with Gasteiger partial charge in [0.2, 0.25) is 0 Å². The highest BCUT2D eigenvalue weighted by molar-refractivity contribution is 5.94. The number of hydrogen-bond donors (Lipinski definition) is 1. The largest absolute Gasteiger partial charge is 0.452 e. The number of rotatable bonds is 5. The van der Waals surface area contributed by atoms with E-state index in [1.165, 1.54) is 6.08 Å². The predicted octanol–water partition coefficient (Wildman–Crippen LogP) is 2.88. The Kier molecular flexibility index (Phi) is 5.29. The summed E-state index contributed by atoms with van der Waals surface area (Å²) >= 11 is 0. The third-order valence-electron chi connectivity index (χ3n) is 2.61. The molecule has 0 fully saturated rings. The molecule has 2 aromatic rings. The molecule has 0 unspecified atom stereocenters.